The molecule has 29 heavy (non-hydrogen) atoms. The molecule has 2 aromatic rings. The van der Waals surface area contributed by atoms with Crippen molar-refractivity contribution in [2.45, 2.75) is 12.3 Å². The van der Waals surface area contributed by atoms with E-state index in [1.165, 1.54) is 0 Å². The van der Waals surface area contributed by atoms with Crippen LogP contribution in [0.5, 0.6) is 11.5 Å². The SMILES string of the molecule is O=C(c1ccccc1Cl)N1CCN(C(=O)C2CC2c2ccc3c(c2)OCO3)CC1. The Morgan fingerprint density at radius 3 is 2.45 bits per heavy atom. The van der Waals surface area contributed by atoms with Crippen LogP contribution in [-0.4, -0.2) is 54.6 Å². The normalized spacial score (nSPS) is 22.5. The highest BCUT2D eigenvalue weighted by Gasteiger charge is 2.46. The average Bonchev–Trinajstić information content (AvgIpc) is 3.42. The van der Waals surface area contributed by atoms with Gasteiger partial charge in [0.15, 0.2) is 11.5 Å². The second-order valence-corrected chi connectivity index (χ2v) is 8.07. The number of carbonyl (C=O) groups is 2. The van der Waals surface area contributed by atoms with E-state index in [1.54, 1.807) is 17.0 Å². The van der Waals surface area contributed by atoms with Crippen LogP contribution in [0.4, 0.5) is 0 Å². The van der Waals surface area contributed by atoms with Crippen LogP contribution in [0.2, 0.25) is 5.02 Å². The number of fused-ring (bicyclic) bond motifs is 1. The molecule has 1 saturated heterocycles. The van der Waals surface area contributed by atoms with Gasteiger partial charge in [0.05, 0.1) is 10.6 Å². The summed E-state index contributed by atoms with van der Waals surface area (Å²) in [6, 6.07) is 13.0. The largest absolute Gasteiger partial charge is 0.454 e. The van der Waals surface area contributed by atoms with Gasteiger partial charge in [-0.25, -0.2) is 0 Å². The number of piperazine rings is 1. The van der Waals surface area contributed by atoms with Gasteiger partial charge in [0, 0.05) is 32.1 Å². The van der Waals surface area contributed by atoms with Gasteiger partial charge in [-0.1, -0.05) is 29.8 Å². The third-order valence-electron chi connectivity index (χ3n) is 5.92. The summed E-state index contributed by atoms with van der Waals surface area (Å²) in [6.07, 6.45) is 0.858. The summed E-state index contributed by atoms with van der Waals surface area (Å²) in [5.41, 5.74) is 1.64. The third kappa shape index (κ3) is 3.42. The van der Waals surface area contributed by atoms with Gasteiger partial charge >= 0.3 is 0 Å². The summed E-state index contributed by atoms with van der Waals surface area (Å²) < 4.78 is 10.8. The lowest BCUT2D eigenvalue weighted by molar-refractivity contribution is -0.134. The third-order valence-corrected chi connectivity index (χ3v) is 6.24. The number of hydrogen-bond donors (Lipinski definition) is 0. The Labute approximate surface area is 173 Å². The number of benzene rings is 2. The van der Waals surface area contributed by atoms with Crippen LogP contribution >= 0.6 is 11.6 Å². The molecule has 150 valence electrons. The molecule has 5 rings (SSSR count). The van der Waals surface area contributed by atoms with Crippen molar-refractivity contribution in [3.63, 3.8) is 0 Å². The van der Waals surface area contributed by atoms with Gasteiger partial charge in [0.2, 0.25) is 12.7 Å². The van der Waals surface area contributed by atoms with Crippen LogP contribution in [-0.2, 0) is 4.79 Å². The average molecular weight is 413 g/mol. The van der Waals surface area contributed by atoms with Crippen molar-refractivity contribution in [2.75, 3.05) is 33.0 Å². The molecule has 0 aromatic heterocycles. The highest BCUT2D eigenvalue weighted by Crippen LogP contribution is 2.50. The smallest absolute Gasteiger partial charge is 0.255 e. The van der Waals surface area contributed by atoms with E-state index in [4.69, 9.17) is 21.1 Å². The molecule has 0 radical (unpaired) electrons. The molecule has 2 heterocycles. The van der Waals surface area contributed by atoms with Gasteiger partial charge in [-0.3, -0.25) is 9.59 Å². The number of amides is 2. The fourth-order valence-electron chi connectivity index (χ4n) is 4.15. The fourth-order valence-corrected chi connectivity index (χ4v) is 4.37. The Hall–Kier alpha value is -2.73. The van der Waals surface area contributed by atoms with Crippen molar-refractivity contribution in [3.8, 4) is 11.5 Å². The van der Waals surface area contributed by atoms with Gasteiger partial charge in [0.1, 0.15) is 0 Å². The van der Waals surface area contributed by atoms with Crippen molar-refractivity contribution in [1.82, 2.24) is 9.80 Å². The van der Waals surface area contributed by atoms with E-state index < -0.39 is 0 Å². The number of hydrogen-bond acceptors (Lipinski definition) is 4. The van der Waals surface area contributed by atoms with Crippen LogP contribution in [0.3, 0.4) is 0 Å². The van der Waals surface area contributed by atoms with Gasteiger partial charge in [-0.05, 0) is 42.2 Å². The molecule has 3 aliphatic rings. The summed E-state index contributed by atoms with van der Waals surface area (Å²) in [6.45, 7) is 2.41. The molecule has 0 bridgehead atoms. The number of rotatable bonds is 3. The number of ether oxygens (including phenoxy) is 2. The van der Waals surface area contributed by atoms with Gasteiger partial charge in [0.25, 0.3) is 5.91 Å². The van der Waals surface area contributed by atoms with Crippen LogP contribution in [0.1, 0.15) is 28.3 Å². The number of nitrogens with zero attached hydrogens (tertiary/aromatic N) is 2. The second-order valence-electron chi connectivity index (χ2n) is 7.66. The van der Waals surface area contributed by atoms with E-state index in [-0.39, 0.29) is 30.4 Å². The van der Waals surface area contributed by atoms with Gasteiger partial charge in [-0.2, -0.15) is 0 Å². The minimum Gasteiger partial charge on any atom is -0.454 e. The first-order valence-corrected chi connectivity index (χ1v) is 10.2. The van der Waals surface area contributed by atoms with Crippen LogP contribution in [0, 0.1) is 5.92 Å². The van der Waals surface area contributed by atoms with Crippen molar-refractivity contribution < 1.29 is 19.1 Å². The Balaban J connectivity index is 1.18. The van der Waals surface area contributed by atoms with E-state index in [2.05, 4.69) is 0 Å². The molecule has 7 heteroatoms. The summed E-state index contributed by atoms with van der Waals surface area (Å²) in [5.74, 6) is 1.87. The van der Waals surface area contributed by atoms with Crippen LogP contribution < -0.4 is 9.47 Å². The maximum atomic E-state index is 12.9. The van der Waals surface area contributed by atoms with E-state index in [1.807, 2.05) is 35.2 Å². The van der Waals surface area contributed by atoms with Crippen LogP contribution in [0.25, 0.3) is 0 Å². The minimum atomic E-state index is -0.0765. The molecule has 2 atom stereocenters. The van der Waals surface area contributed by atoms with E-state index in [0.29, 0.717) is 36.8 Å². The predicted molar refractivity (Wildman–Crippen MR) is 107 cm³/mol. The molecular weight excluding hydrogens is 392 g/mol. The summed E-state index contributed by atoms with van der Waals surface area (Å²) in [5, 5.41) is 0.459. The minimum absolute atomic E-state index is 0.0150. The highest BCUT2D eigenvalue weighted by atomic mass is 35.5. The topological polar surface area (TPSA) is 59.1 Å². The fraction of sp³-hybridized carbons (Fsp3) is 0.364. The van der Waals surface area contributed by atoms with Crippen molar-refractivity contribution >= 4 is 23.4 Å². The van der Waals surface area contributed by atoms with E-state index in [0.717, 1.165) is 23.5 Å². The van der Waals surface area contributed by atoms with Crippen molar-refractivity contribution in [3.05, 3.63) is 58.6 Å². The molecule has 2 amide bonds. The zero-order valence-electron chi connectivity index (χ0n) is 15.8. The lowest BCUT2D eigenvalue weighted by Crippen LogP contribution is -2.51. The zero-order valence-corrected chi connectivity index (χ0v) is 16.6. The van der Waals surface area contributed by atoms with Gasteiger partial charge < -0.3 is 19.3 Å². The second kappa shape index (κ2) is 7.26. The molecule has 2 unspecified atom stereocenters. The van der Waals surface area contributed by atoms with Crippen molar-refractivity contribution in [2.24, 2.45) is 5.92 Å². The Bertz CT molecular complexity index is 971. The Kier molecular flexibility index (Phi) is 4.59. The maximum Gasteiger partial charge on any atom is 0.255 e. The lowest BCUT2D eigenvalue weighted by atomic mass is 10.1. The summed E-state index contributed by atoms with van der Waals surface area (Å²) in [4.78, 5) is 29.3. The standard InChI is InChI=1S/C22H21ClN2O4/c23-18-4-2-1-3-15(18)21(26)24-7-9-25(10-8-24)22(27)17-12-16(17)14-5-6-19-20(11-14)29-13-28-19/h1-6,11,16-17H,7-10,12-13H2. The number of carbonyl (C=O) groups excluding carboxylic acids is 2. The molecule has 0 spiro atoms. The Morgan fingerprint density at radius 1 is 0.931 bits per heavy atom. The van der Waals surface area contributed by atoms with Crippen LogP contribution in [0.15, 0.2) is 42.5 Å². The van der Waals surface area contributed by atoms with E-state index in [9.17, 15) is 9.59 Å². The van der Waals surface area contributed by atoms with Gasteiger partial charge in [-0.15, -0.1) is 0 Å². The zero-order chi connectivity index (χ0) is 20.0. The first-order valence-electron chi connectivity index (χ1n) is 9.84. The highest BCUT2D eigenvalue weighted by molar-refractivity contribution is 6.33. The molecule has 6 nitrogen and oxygen atoms in total. The molecule has 0 N–H and O–H groups in total. The Morgan fingerprint density at radius 2 is 1.66 bits per heavy atom. The molecule has 2 aromatic carbocycles. The van der Waals surface area contributed by atoms with Crippen molar-refractivity contribution in [1.29, 1.82) is 0 Å². The molecular formula is C22H21ClN2O4. The lowest BCUT2D eigenvalue weighted by Gasteiger charge is -2.35. The monoisotopic (exact) mass is 412 g/mol. The first-order chi connectivity index (χ1) is 14.1. The first kappa shape index (κ1) is 18.3. The summed E-state index contributed by atoms with van der Waals surface area (Å²) >= 11 is 6.15. The number of halogens is 1. The molecule has 2 aliphatic heterocycles. The van der Waals surface area contributed by atoms with E-state index >= 15 is 0 Å². The quantitative estimate of drug-likeness (QED) is 0.777. The predicted octanol–water partition coefficient (Wildman–Crippen LogP) is 3.16. The maximum absolute atomic E-state index is 12.9. The summed E-state index contributed by atoms with van der Waals surface area (Å²) in [7, 11) is 0. The molecule has 2 fully saturated rings. The molecule has 1 aliphatic carbocycles. The molecule has 1 saturated carbocycles.